The van der Waals surface area contributed by atoms with Crippen LogP contribution in [-0.2, 0) is 0 Å². The quantitative estimate of drug-likeness (QED) is 0.441. The summed E-state index contributed by atoms with van der Waals surface area (Å²) in [6, 6.07) is 17.1. The molecule has 1 N–H and O–H groups in total. The van der Waals surface area contributed by atoms with Crippen molar-refractivity contribution in [1.82, 2.24) is 15.3 Å². The van der Waals surface area contributed by atoms with Crippen LogP contribution in [0.4, 0.5) is 0 Å². The molecule has 1 aliphatic carbocycles. The summed E-state index contributed by atoms with van der Waals surface area (Å²) in [6.07, 6.45) is 11.4. The first-order valence-electron chi connectivity index (χ1n) is 10.6. The van der Waals surface area contributed by atoms with Crippen LogP contribution in [0.3, 0.4) is 0 Å². The predicted octanol–water partition coefficient (Wildman–Crippen LogP) is 6.04. The van der Waals surface area contributed by atoms with Crippen LogP contribution < -0.4 is 10.1 Å². The topological polar surface area (TPSA) is 64.1 Å². The number of rotatable bonds is 8. The fourth-order valence-corrected chi connectivity index (χ4v) is 4.22. The SMILES string of the molecule is O=C(NCCC1=CCCCC1)c1ccc(Oc2nccnc2Sc2ccccc2)cc1. The highest BCUT2D eigenvalue weighted by atomic mass is 32.2. The lowest BCUT2D eigenvalue weighted by Crippen LogP contribution is -2.24. The highest BCUT2D eigenvalue weighted by Crippen LogP contribution is 2.33. The normalized spacial score (nSPS) is 13.4. The third-order valence-electron chi connectivity index (χ3n) is 5.04. The molecule has 0 bridgehead atoms. The smallest absolute Gasteiger partial charge is 0.252 e. The zero-order chi connectivity index (χ0) is 21.3. The Labute approximate surface area is 187 Å². The molecule has 0 saturated heterocycles. The Bertz CT molecular complexity index is 1040. The largest absolute Gasteiger partial charge is 0.437 e. The van der Waals surface area contributed by atoms with Crippen LogP contribution in [-0.4, -0.2) is 22.4 Å². The van der Waals surface area contributed by atoms with Crippen LogP contribution in [0.1, 0.15) is 42.5 Å². The average Bonchev–Trinajstić information content (AvgIpc) is 2.82. The van der Waals surface area contributed by atoms with E-state index in [1.54, 1.807) is 36.7 Å². The Hall–Kier alpha value is -3.12. The van der Waals surface area contributed by atoms with Crippen LogP contribution in [0.2, 0.25) is 0 Å². The van der Waals surface area contributed by atoms with Gasteiger partial charge >= 0.3 is 0 Å². The molecule has 31 heavy (non-hydrogen) atoms. The Morgan fingerprint density at radius 2 is 1.81 bits per heavy atom. The van der Waals surface area contributed by atoms with E-state index in [1.165, 1.54) is 36.6 Å². The van der Waals surface area contributed by atoms with Crippen molar-refractivity contribution in [2.75, 3.05) is 6.54 Å². The molecule has 0 atom stereocenters. The van der Waals surface area contributed by atoms with Gasteiger partial charge in [-0.25, -0.2) is 9.97 Å². The highest BCUT2D eigenvalue weighted by molar-refractivity contribution is 7.99. The third kappa shape index (κ3) is 6.18. The second-order valence-corrected chi connectivity index (χ2v) is 8.38. The molecule has 4 rings (SSSR count). The van der Waals surface area contributed by atoms with Gasteiger partial charge in [0.1, 0.15) is 5.75 Å². The molecule has 6 heteroatoms. The van der Waals surface area contributed by atoms with E-state index >= 15 is 0 Å². The lowest BCUT2D eigenvalue weighted by atomic mass is 9.97. The van der Waals surface area contributed by atoms with E-state index in [4.69, 9.17) is 4.74 Å². The molecule has 1 aliphatic rings. The number of ether oxygens (including phenoxy) is 1. The van der Waals surface area contributed by atoms with Crippen molar-refractivity contribution in [3.63, 3.8) is 0 Å². The first-order chi connectivity index (χ1) is 15.3. The number of nitrogens with one attached hydrogen (secondary N) is 1. The van der Waals surface area contributed by atoms with Crippen LogP contribution in [0.5, 0.6) is 11.6 Å². The van der Waals surface area contributed by atoms with Gasteiger partial charge in [0.05, 0.1) is 0 Å². The Morgan fingerprint density at radius 3 is 2.58 bits per heavy atom. The Kier molecular flexibility index (Phi) is 7.34. The first-order valence-corrected chi connectivity index (χ1v) is 11.4. The number of hydrogen-bond acceptors (Lipinski definition) is 5. The number of amides is 1. The van der Waals surface area contributed by atoms with Crippen molar-refractivity contribution >= 4 is 17.7 Å². The molecule has 5 nitrogen and oxygen atoms in total. The number of allylic oxidation sites excluding steroid dienone is 1. The third-order valence-corrected chi connectivity index (χ3v) is 6.02. The van der Waals surface area contributed by atoms with Gasteiger partial charge in [-0.15, -0.1) is 0 Å². The van der Waals surface area contributed by atoms with E-state index < -0.39 is 0 Å². The van der Waals surface area contributed by atoms with Crippen molar-refractivity contribution in [1.29, 1.82) is 0 Å². The van der Waals surface area contributed by atoms with Gasteiger partial charge in [0.15, 0.2) is 5.03 Å². The summed E-state index contributed by atoms with van der Waals surface area (Å²) in [6.45, 7) is 0.669. The lowest BCUT2D eigenvalue weighted by Gasteiger charge is -2.13. The van der Waals surface area contributed by atoms with Gasteiger partial charge in [-0.2, -0.15) is 0 Å². The molecule has 158 valence electrons. The fraction of sp³-hybridized carbons (Fsp3) is 0.240. The number of carbonyl (C=O) groups is 1. The number of carbonyl (C=O) groups excluding carboxylic acids is 1. The number of nitrogens with zero attached hydrogens (tertiary/aromatic N) is 2. The summed E-state index contributed by atoms with van der Waals surface area (Å²) in [5, 5.41) is 3.69. The average molecular weight is 432 g/mol. The van der Waals surface area contributed by atoms with Gasteiger partial charge < -0.3 is 10.1 Å². The molecule has 3 aromatic rings. The van der Waals surface area contributed by atoms with Gasteiger partial charge in [-0.05, 0) is 68.5 Å². The van der Waals surface area contributed by atoms with Crippen molar-refractivity contribution in [2.45, 2.75) is 42.0 Å². The van der Waals surface area contributed by atoms with E-state index in [2.05, 4.69) is 21.4 Å². The van der Waals surface area contributed by atoms with Gasteiger partial charge in [0.2, 0.25) is 0 Å². The molecule has 1 heterocycles. The second kappa shape index (κ2) is 10.8. The highest BCUT2D eigenvalue weighted by Gasteiger charge is 2.11. The van der Waals surface area contributed by atoms with Crippen LogP contribution in [0.25, 0.3) is 0 Å². The van der Waals surface area contributed by atoms with Crippen LogP contribution in [0, 0.1) is 0 Å². The van der Waals surface area contributed by atoms with Crippen molar-refractivity contribution < 1.29 is 9.53 Å². The Balaban J connectivity index is 1.34. The maximum absolute atomic E-state index is 12.4. The fourth-order valence-electron chi connectivity index (χ4n) is 3.41. The first kappa shape index (κ1) is 21.1. The van der Waals surface area contributed by atoms with E-state index in [9.17, 15) is 4.79 Å². The molecule has 2 aromatic carbocycles. The van der Waals surface area contributed by atoms with Crippen molar-refractivity contribution in [3.8, 4) is 11.6 Å². The summed E-state index contributed by atoms with van der Waals surface area (Å²) in [4.78, 5) is 22.2. The summed E-state index contributed by atoms with van der Waals surface area (Å²) < 4.78 is 5.94. The molecule has 0 radical (unpaired) electrons. The predicted molar refractivity (Wildman–Crippen MR) is 123 cm³/mol. The summed E-state index contributed by atoms with van der Waals surface area (Å²) in [5.41, 5.74) is 2.08. The zero-order valence-electron chi connectivity index (χ0n) is 17.3. The van der Waals surface area contributed by atoms with Crippen LogP contribution >= 0.6 is 11.8 Å². The summed E-state index contributed by atoms with van der Waals surface area (Å²) >= 11 is 1.49. The number of aromatic nitrogens is 2. The van der Waals surface area contributed by atoms with E-state index in [0.717, 1.165) is 17.7 Å². The molecule has 0 spiro atoms. The maximum Gasteiger partial charge on any atom is 0.252 e. The molecule has 1 amide bonds. The second-order valence-electron chi connectivity index (χ2n) is 7.32. The lowest BCUT2D eigenvalue weighted by molar-refractivity contribution is 0.0954. The molecular formula is C25H25N3O2S. The molecule has 0 unspecified atom stereocenters. The van der Waals surface area contributed by atoms with E-state index in [0.29, 0.717) is 28.8 Å². The molecule has 0 saturated carbocycles. The monoisotopic (exact) mass is 431 g/mol. The molecule has 1 aromatic heterocycles. The number of benzene rings is 2. The molecule has 0 aliphatic heterocycles. The minimum absolute atomic E-state index is 0.0669. The molecule has 0 fully saturated rings. The van der Waals surface area contributed by atoms with Crippen LogP contribution in [0.15, 0.2) is 88.6 Å². The van der Waals surface area contributed by atoms with Gasteiger partial charge in [0, 0.05) is 29.4 Å². The minimum atomic E-state index is -0.0669. The van der Waals surface area contributed by atoms with Gasteiger partial charge in [-0.3, -0.25) is 4.79 Å². The summed E-state index contributed by atoms with van der Waals surface area (Å²) in [7, 11) is 0. The Morgan fingerprint density at radius 1 is 1.00 bits per heavy atom. The summed E-state index contributed by atoms with van der Waals surface area (Å²) in [5.74, 6) is 0.983. The zero-order valence-corrected chi connectivity index (χ0v) is 18.1. The van der Waals surface area contributed by atoms with E-state index in [1.807, 2.05) is 30.3 Å². The van der Waals surface area contributed by atoms with Crippen molar-refractivity contribution in [3.05, 3.63) is 84.2 Å². The van der Waals surface area contributed by atoms with Gasteiger partial charge in [-0.1, -0.05) is 41.6 Å². The van der Waals surface area contributed by atoms with E-state index in [-0.39, 0.29) is 5.91 Å². The maximum atomic E-state index is 12.4. The minimum Gasteiger partial charge on any atom is -0.437 e. The van der Waals surface area contributed by atoms with Gasteiger partial charge in [0.25, 0.3) is 11.8 Å². The van der Waals surface area contributed by atoms with Crippen molar-refractivity contribution in [2.24, 2.45) is 0 Å². The standard InChI is InChI=1S/C25H25N3O2S/c29-23(26-16-15-19-7-3-1-4-8-19)20-11-13-21(14-12-20)30-24-25(28-18-17-27-24)31-22-9-5-2-6-10-22/h2,5-7,9-14,17-18H,1,3-4,8,15-16H2,(H,26,29). The number of hydrogen-bond donors (Lipinski definition) is 1. The molecular weight excluding hydrogens is 406 g/mol.